The largest absolute Gasteiger partial charge is 0.458 e. The number of hydrogen-bond donors (Lipinski definition) is 3. The van der Waals surface area contributed by atoms with E-state index in [1.54, 1.807) is 20.2 Å². The van der Waals surface area contributed by atoms with Gasteiger partial charge >= 0.3 is 13.7 Å². The van der Waals surface area contributed by atoms with Gasteiger partial charge in [0.2, 0.25) is 0 Å². The van der Waals surface area contributed by atoms with Crippen LogP contribution in [-0.4, -0.2) is 38.1 Å². The SMILES string of the molecule is CC(C)[C@H](NOCc1ccccc1)C(=O)OP(N)(=O)OC[C@H]1C=C[C@@H](n2cnc3c(N)ncnc32)C1. The number of carbonyl (C=O) groups is 1. The van der Waals surface area contributed by atoms with Crippen LogP contribution in [0.25, 0.3) is 11.2 Å². The predicted molar refractivity (Wildman–Crippen MR) is 133 cm³/mol. The van der Waals surface area contributed by atoms with Crippen molar-refractivity contribution in [2.75, 3.05) is 12.3 Å². The lowest BCUT2D eigenvalue weighted by Crippen LogP contribution is -2.42. The molecule has 1 aromatic carbocycles. The van der Waals surface area contributed by atoms with Crippen molar-refractivity contribution in [1.29, 1.82) is 0 Å². The fraction of sp³-hybridized carbons (Fsp3) is 0.391. The average molecular weight is 516 g/mol. The van der Waals surface area contributed by atoms with Crippen molar-refractivity contribution in [2.24, 2.45) is 17.3 Å². The van der Waals surface area contributed by atoms with Crippen LogP contribution in [0.5, 0.6) is 0 Å². The van der Waals surface area contributed by atoms with Gasteiger partial charge in [-0.05, 0) is 17.9 Å². The van der Waals surface area contributed by atoms with Crippen molar-refractivity contribution in [2.45, 2.75) is 39.0 Å². The average Bonchev–Trinajstić information content (AvgIpc) is 3.48. The Labute approximate surface area is 208 Å². The molecule has 12 nitrogen and oxygen atoms in total. The van der Waals surface area contributed by atoms with Gasteiger partial charge in [0.05, 0.1) is 25.6 Å². The fourth-order valence-corrected chi connectivity index (χ4v) is 4.67. The van der Waals surface area contributed by atoms with E-state index in [-0.39, 0.29) is 31.1 Å². The molecule has 4 rings (SSSR count). The van der Waals surface area contributed by atoms with Gasteiger partial charge in [0.25, 0.3) is 0 Å². The van der Waals surface area contributed by atoms with Crippen LogP contribution in [0, 0.1) is 11.8 Å². The molecule has 192 valence electrons. The first-order chi connectivity index (χ1) is 17.2. The maximum atomic E-state index is 12.7. The number of fused-ring (bicyclic) bond motifs is 1. The number of carbonyl (C=O) groups excluding carboxylic acids is 1. The van der Waals surface area contributed by atoms with Crippen molar-refractivity contribution in [3.8, 4) is 0 Å². The lowest BCUT2D eigenvalue weighted by Gasteiger charge is -2.23. The number of nitrogen functional groups attached to an aromatic ring is 1. The smallest absolute Gasteiger partial charge is 0.382 e. The Morgan fingerprint density at radius 2 is 2.00 bits per heavy atom. The Kier molecular flexibility index (Phi) is 8.12. The molecule has 3 aromatic rings. The monoisotopic (exact) mass is 515 g/mol. The molecular formula is C23H30N7O5P. The number of nitrogens with two attached hydrogens (primary N) is 2. The van der Waals surface area contributed by atoms with Crippen molar-refractivity contribution in [3.05, 3.63) is 60.7 Å². The number of nitrogens with zero attached hydrogens (tertiary/aromatic N) is 4. The minimum Gasteiger partial charge on any atom is -0.382 e. The molecule has 0 amide bonds. The number of hydroxylamine groups is 1. The molecule has 1 unspecified atom stereocenters. The lowest BCUT2D eigenvalue weighted by atomic mass is 10.1. The van der Waals surface area contributed by atoms with Crippen LogP contribution < -0.4 is 16.7 Å². The zero-order chi connectivity index (χ0) is 25.7. The van der Waals surface area contributed by atoms with E-state index < -0.39 is 19.8 Å². The standard InChI is InChI=1S/C23H30N7O5P/c1-15(2)19(29-33-11-16-6-4-3-5-7-16)23(31)35-36(25,32)34-12-17-8-9-18(10-17)30-14-28-20-21(24)26-13-27-22(20)30/h3-9,13-15,17-19,29H,10-12H2,1-2H3,(H2,25,32)(H2,24,26,27)/t17-,18+,19-,36?/m0/s1. The lowest BCUT2D eigenvalue weighted by molar-refractivity contribution is -0.144. The molecule has 0 radical (unpaired) electrons. The number of nitrogens with one attached hydrogen (secondary N) is 1. The Bertz CT molecular complexity index is 1270. The molecule has 0 saturated heterocycles. The molecule has 1 aliphatic carbocycles. The van der Waals surface area contributed by atoms with E-state index in [1.807, 2.05) is 47.1 Å². The number of benzene rings is 1. The number of allylic oxidation sites excluding steroid dienone is 1. The molecule has 36 heavy (non-hydrogen) atoms. The van der Waals surface area contributed by atoms with Gasteiger partial charge in [0.1, 0.15) is 17.9 Å². The van der Waals surface area contributed by atoms with E-state index in [9.17, 15) is 9.36 Å². The summed E-state index contributed by atoms with van der Waals surface area (Å²) in [7, 11) is -4.15. The third kappa shape index (κ3) is 6.34. The van der Waals surface area contributed by atoms with E-state index in [0.29, 0.717) is 23.4 Å². The minimum absolute atomic E-state index is 0.0160. The molecule has 2 heterocycles. The first-order valence-electron chi connectivity index (χ1n) is 11.5. The number of hydrogen-bond acceptors (Lipinski definition) is 10. The van der Waals surface area contributed by atoms with E-state index in [2.05, 4.69) is 20.4 Å². The Hall–Kier alpha value is -3.15. The Morgan fingerprint density at radius 1 is 1.22 bits per heavy atom. The highest BCUT2D eigenvalue weighted by Crippen LogP contribution is 2.42. The Morgan fingerprint density at radius 3 is 2.75 bits per heavy atom. The van der Waals surface area contributed by atoms with Crippen molar-refractivity contribution >= 4 is 30.7 Å². The predicted octanol–water partition coefficient (Wildman–Crippen LogP) is 2.90. The van der Waals surface area contributed by atoms with E-state index >= 15 is 0 Å². The fourth-order valence-electron chi connectivity index (χ4n) is 3.85. The molecule has 0 spiro atoms. The second-order valence-electron chi connectivity index (χ2n) is 8.89. The second-order valence-corrected chi connectivity index (χ2v) is 10.4. The summed E-state index contributed by atoms with van der Waals surface area (Å²) in [5.41, 5.74) is 16.4. The van der Waals surface area contributed by atoms with Crippen LogP contribution in [0.4, 0.5) is 5.82 Å². The van der Waals surface area contributed by atoms with Gasteiger partial charge in [-0.15, -0.1) is 0 Å². The summed E-state index contributed by atoms with van der Waals surface area (Å²) in [5, 5.41) is 0. The maximum Gasteiger partial charge on any atom is 0.458 e. The summed E-state index contributed by atoms with van der Waals surface area (Å²) in [6.45, 7) is 3.86. The topological polar surface area (TPSA) is 170 Å². The number of imidazole rings is 1. The maximum absolute atomic E-state index is 12.7. The van der Waals surface area contributed by atoms with Crippen LogP contribution >= 0.6 is 7.75 Å². The highest BCUT2D eigenvalue weighted by atomic mass is 31.2. The minimum atomic E-state index is -4.15. The first kappa shape index (κ1) is 25.9. The molecule has 2 aromatic heterocycles. The third-order valence-corrected chi connectivity index (χ3v) is 6.74. The second kappa shape index (κ2) is 11.3. The quantitative estimate of drug-likeness (QED) is 0.195. The molecule has 0 bridgehead atoms. The van der Waals surface area contributed by atoms with Gasteiger partial charge in [-0.1, -0.05) is 56.3 Å². The summed E-state index contributed by atoms with van der Waals surface area (Å²) >= 11 is 0. The highest BCUT2D eigenvalue weighted by molar-refractivity contribution is 7.51. The third-order valence-electron chi connectivity index (χ3n) is 5.79. The van der Waals surface area contributed by atoms with E-state index in [0.717, 1.165) is 5.56 Å². The molecule has 5 N–H and O–H groups in total. The van der Waals surface area contributed by atoms with Crippen LogP contribution in [0.2, 0.25) is 0 Å². The van der Waals surface area contributed by atoms with Crippen LogP contribution in [-0.2, 0) is 29.9 Å². The Balaban J connectivity index is 1.27. The molecule has 0 aliphatic heterocycles. The van der Waals surface area contributed by atoms with E-state index in [4.69, 9.17) is 25.1 Å². The highest BCUT2D eigenvalue weighted by Gasteiger charge is 2.33. The number of aromatic nitrogens is 4. The summed E-state index contributed by atoms with van der Waals surface area (Å²) in [4.78, 5) is 30.6. The van der Waals surface area contributed by atoms with E-state index in [1.165, 1.54) is 6.33 Å². The summed E-state index contributed by atoms with van der Waals surface area (Å²) < 4.78 is 25.0. The molecule has 1 aliphatic rings. The van der Waals surface area contributed by atoms with Gasteiger partial charge in [-0.2, -0.15) is 5.48 Å². The summed E-state index contributed by atoms with van der Waals surface area (Å²) in [6, 6.07) is 8.54. The van der Waals surface area contributed by atoms with Gasteiger partial charge in [0, 0.05) is 5.92 Å². The van der Waals surface area contributed by atoms with Gasteiger partial charge in [-0.3, -0.25) is 9.36 Å². The zero-order valence-corrected chi connectivity index (χ0v) is 21.0. The number of anilines is 1. The van der Waals surface area contributed by atoms with Crippen LogP contribution in [0.15, 0.2) is 55.1 Å². The molecular weight excluding hydrogens is 485 g/mol. The number of rotatable bonds is 11. The molecule has 0 fully saturated rings. The van der Waals surface area contributed by atoms with Crippen LogP contribution in [0.3, 0.4) is 0 Å². The first-order valence-corrected chi connectivity index (χ1v) is 13.1. The zero-order valence-electron chi connectivity index (χ0n) is 20.1. The van der Waals surface area contributed by atoms with Gasteiger partial charge < -0.3 is 14.8 Å². The van der Waals surface area contributed by atoms with Crippen molar-refractivity contribution in [1.82, 2.24) is 25.0 Å². The molecule has 13 heteroatoms. The summed E-state index contributed by atoms with van der Waals surface area (Å²) in [5.74, 6) is -0.817. The van der Waals surface area contributed by atoms with Crippen molar-refractivity contribution < 1.29 is 23.2 Å². The van der Waals surface area contributed by atoms with Gasteiger partial charge in [0.15, 0.2) is 11.5 Å². The summed E-state index contributed by atoms with van der Waals surface area (Å²) in [6.07, 6.45) is 7.58. The van der Waals surface area contributed by atoms with Crippen molar-refractivity contribution in [3.63, 3.8) is 0 Å². The molecule has 4 atom stereocenters. The normalized spacial score (nSPS) is 20.0. The van der Waals surface area contributed by atoms with Crippen LogP contribution in [0.1, 0.15) is 31.9 Å². The van der Waals surface area contributed by atoms with Gasteiger partial charge in [-0.25, -0.2) is 29.8 Å². The molecule has 0 saturated carbocycles.